The molecule has 0 atom stereocenters. The minimum atomic E-state index is -0.187. The zero-order valence-corrected chi connectivity index (χ0v) is 15.2. The van der Waals surface area contributed by atoms with E-state index in [-0.39, 0.29) is 11.5 Å². The molecule has 0 aliphatic heterocycles. The van der Waals surface area contributed by atoms with Crippen molar-refractivity contribution in [3.8, 4) is 5.75 Å². The largest absolute Gasteiger partial charge is 0.497 e. The molecule has 1 amide bonds. The smallest absolute Gasteiger partial charge is 0.251 e. The van der Waals surface area contributed by atoms with Gasteiger partial charge in [-0.25, -0.2) is 0 Å². The molecule has 26 heavy (non-hydrogen) atoms. The van der Waals surface area contributed by atoms with Crippen LogP contribution in [0.2, 0.25) is 0 Å². The SMILES string of the molecule is COc1cccc(C(=O)NCCc2cc3cc(C)c(C)cc3[nH]c2=O)c1. The molecule has 0 aliphatic rings. The maximum atomic E-state index is 12.3. The molecule has 5 nitrogen and oxygen atoms in total. The van der Waals surface area contributed by atoms with Gasteiger partial charge in [-0.3, -0.25) is 9.59 Å². The monoisotopic (exact) mass is 350 g/mol. The number of rotatable bonds is 5. The summed E-state index contributed by atoms with van der Waals surface area (Å²) in [7, 11) is 1.56. The second kappa shape index (κ2) is 7.44. The van der Waals surface area contributed by atoms with Gasteiger partial charge in [0.1, 0.15) is 5.75 Å². The summed E-state index contributed by atoms with van der Waals surface area (Å²) in [6, 6.07) is 12.9. The number of ether oxygens (including phenoxy) is 1. The van der Waals surface area contributed by atoms with Gasteiger partial charge in [-0.1, -0.05) is 6.07 Å². The summed E-state index contributed by atoms with van der Waals surface area (Å²) >= 11 is 0. The Bertz CT molecular complexity index is 1020. The molecule has 3 aromatic rings. The highest BCUT2D eigenvalue weighted by molar-refractivity contribution is 5.94. The number of carbonyl (C=O) groups is 1. The van der Waals surface area contributed by atoms with Gasteiger partial charge in [0, 0.05) is 23.2 Å². The number of methoxy groups -OCH3 is 1. The lowest BCUT2D eigenvalue weighted by molar-refractivity contribution is 0.0953. The molecule has 0 bridgehead atoms. The van der Waals surface area contributed by atoms with Gasteiger partial charge < -0.3 is 15.0 Å². The fraction of sp³-hybridized carbons (Fsp3) is 0.238. The van der Waals surface area contributed by atoms with Crippen LogP contribution in [0, 0.1) is 13.8 Å². The molecular formula is C21H22N2O3. The molecule has 0 unspecified atom stereocenters. The highest BCUT2D eigenvalue weighted by Gasteiger charge is 2.08. The highest BCUT2D eigenvalue weighted by atomic mass is 16.5. The molecule has 1 aromatic heterocycles. The molecule has 134 valence electrons. The van der Waals surface area contributed by atoms with Crippen LogP contribution < -0.4 is 15.6 Å². The fourth-order valence-electron chi connectivity index (χ4n) is 2.88. The van der Waals surface area contributed by atoms with Crippen LogP contribution in [0.3, 0.4) is 0 Å². The Kier molecular flexibility index (Phi) is 5.07. The third-order valence-corrected chi connectivity index (χ3v) is 4.55. The quantitative estimate of drug-likeness (QED) is 0.743. The van der Waals surface area contributed by atoms with E-state index in [9.17, 15) is 9.59 Å². The minimum Gasteiger partial charge on any atom is -0.497 e. The van der Waals surface area contributed by atoms with Crippen LogP contribution in [-0.2, 0) is 6.42 Å². The van der Waals surface area contributed by atoms with Crippen LogP contribution in [-0.4, -0.2) is 24.5 Å². The van der Waals surface area contributed by atoms with Crippen LogP contribution in [0.5, 0.6) is 5.75 Å². The van der Waals surface area contributed by atoms with Gasteiger partial charge >= 0.3 is 0 Å². The van der Waals surface area contributed by atoms with Gasteiger partial charge in [0.2, 0.25) is 0 Å². The van der Waals surface area contributed by atoms with E-state index >= 15 is 0 Å². The molecule has 5 heteroatoms. The number of amides is 1. The number of hydrogen-bond donors (Lipinski definition) is 2. The average Bonchev–Trinajstić information content (AvgIpc) is 2.63. The van der Waals surface area contributed by atoms with E-state index in [1.807, 2.05) is 26.0 Å². The molecule has 0 spiro atoms. The van der Waals surface area contributed by atoms with E-state index in [1.54, 1.807) is 31.4 Å². The Hall–Kier alpha value is -3.08. The van der Waals surface area contributed by atoms with Crippen molar-refractivity contribution in [3.05, 3.63) is 75.1 Å². The molecule has 0 radical (unpaired) electrons. The normalized spacial score (nSPS) is 10.7. The molecule has 0 saturated carbocycles. The van der Waals surface area contributed by atoms with Crippen molar-refractivity contribution in [2.45, 2.75) is 20.3 Å². The van der Waals surface area contributed by atoms with E-state index in [1.165, 1.54) is 5.56 Å². The summed E-state index contributed by atoms with van der Waals surface area (Å²) in [5.74, 6) is 0.446. The van der Waals surface area contributed by atoms with Gasteiger partial charge in [-0.05, 0) is 73.2 Å². The number of aromatic nitrogens is 1. The van der Waals surface area contributed by atoms with Gasteiger partial charge in [-0.15, -0.1) is 0 Å². The summed E-state index contributed by atoms with van der Waals surface area (Å²) in [5.41, 5.74) is 4.24. The summed E-state index contributed by atoms with van der Waals surface area (Å²) in [6.07, 6.45) is 0.466. The van der Waals surface area contributed by atoms with Crippen LogP contribution >= 0.6 is 0 Å². The lowest BCUT2D eigenvalue weighted by Crippen LogP contribution is -2.27. The zero-order valence-electron chi connectivity index (χ0n) is 15.2. The maximum absolute atomic E-state index is 12.3. The molecule has 3 rings (SSSR count). The average molecular weight is 350 g/mol. The molecule has 0 saturated heterocycles. The van der Waals surface area contributed by atoms with E-state index in [4.69, 9.17) is 4.74 Å². The topological polar surface area (TPSA) is 71.2 Å². The molecule has 2 N–H and O–H groups in total. The Morgan fingerprint density at radius 3 is 2.65 bits per heavy atom. The fourth-order valence-corrected chi connectivity index (χ4v) is 2.88. The van der Waals surface area contributed by atoms with Crippen molar-refractivity contribution < 1.29 is 9.53 Å². The first-order valence-electron chi connectivity index (χ1n) is 8.53. The predicted octanol–water partition coefficient (Wildman–Crippen LogP) is 3.13. The number of H-pyrrole nitrogens is 1. The first kappa shape index (κ1) is 17.7. The molecule has 2 aromatic carbocycles. The van der Waals surface area contributed by atoms with Gasteiger partial charge in [0.15, 0.2) is 0 Å². The number of aromatic amines is 1. The van der Waals surface area contributed by atoms with Gasteiger partial charge in [-0.2, -0.15) is 0 Å². The van der Waals surface area contributed by atoms with Crippen LogP contribution in [0.1, 0.15) is 27.0 Å². The Balaban J connectivity index is 1.71. The number of hydrogen-bond acceptors (Lipinski definition) is 3. The molecule has 0 aliphatic carbocycles. The maximum Gasteiger partial charge on any atom is 0.251 e. The van der Waals surface area contributed by atoms with Crippen molar-refractivity contribution in [2.24, 2.45) is 0 Å². The lowest BCUT2D eigenvalue weighted by Gasteiger charge is -2.08. The van der Waals surface area contributed by atoms with Crippen molar-refractivity contribution in [1.82, 2.24) is 10.3 Å². The van der Waals surface area contributed by atoms with Gasteiger partial charge in [0.05, 0.1) is 7.11 Å². The first-order valence-corrected chi connectivity index (χ1v) is 8.53. The Morgan fingerprint density at radius 2 is 1.88 bits per heavy atom. The van der Waals surface area contributed by atoms with Gasteiger partial charge in [0.25, 0.3) is 11.5 Å². The number of aryl methyl sites for hydroxylation is 2. The number of benzene rings is 2. The zero-order chi connectivity index (χ0) is 18.7. The van der Waals surface area contributed by atoms with Crippen molar-refractivity contribution in [3.63, 3.8) is 0 Å². The summed E-state index contributed by atoms with van der Waals surface area (Å²) in [4.78, 5) is 27.4. The van der Waals surface area contributed by atoms with Crippen LogP contribution in [0.25, 0.3) is 10.9 Å². The summed E-state index contributed by atoms with van der Waals surface area (Å²) in [5, 5.41) is 3.85. The van der Waals surface area contributed by atoms with Crippen molar-refractivity contribution in [2.75, 3.05) is 13.7 Å². The third kappa shape index (κ3) is 3.77. The first-order chi connectivity index (χ1) is 12.5. The molecule has 0 fully saturated rings. The van der Waals surface area contributed by atoms with Crippen molar-refractivity contribution >= 4 is 16.8 Å². The molecule has 1 heterocycles. The van der Waals surface area contributed by atoms with E-state index in [0.29, 0.717) is 29.8 Å². The molecular weight excluding hydrogens is 328 g/mol. The van der Waals surface area contributed by atoms with Crippen LogP contribution in [0.15, 0.2) is 47.3 Å². The summed E-state index contributed by atoms with van der Waals surface area (Å²) < 4.78 is 5.13. The third-order valence-electron chi connectivity index (χ3n) is 4.55. The number of pyridine rings is 1. The second-order valence-electron chi connectivity index (χ2n) is 6.39. The Labute approximate surface area is 152 Å². The predicted molar refractivity (Wildman–Crippen MR) is 103 cm³/mol. The van der Waals surface area contributed by atoms with Crippen molar-refractivity contribution in [1.29, 1.82) is 0 Å². The summed E-state index contributed by atoms with van der Waals surface area (Å²) in [6.45, 7) is 4.46. The minimum absolute atomic E-state index is 0.114. The second-order valence-corrected chi connectivity index (χ2v) is 6.39. The lowest BCUT2D eigenvalue weighted by atomic mass is 10.0. The van der Waals surface area contributed by atoms with E-state index < -0.39 is 0 Å². The number of nitrogens with one attached hydrogen (secondary N) is 2. The highest BCUT2D eigenvalue weighted by Crippen LogP contribution is 2.17. The standard InChI is InChI=1S/C21H22N2O3/c1-13-9-17-11-16(21(25)23-19(17)10-14(13)2)7-8-22-20(24)15-5-4-6-18(12-15)26-3/h4-6,9-12H,7-8H2,1-3H3,(H,22,24)(H,23,25). The van der Waals surface area contributed by atoms with Crippen LogP contribution in [0.4, 0.5) is 0 Å². The van der Waals surface area contributed by atoms with E-state index in [2.05, 4.69) is 16.4 Å². The Morgan fingerprint density at radius 1 is 1.12 bits per heavy atom. The number of fused-ring (bicyclic) bond motifs is 1. The number of carbonyl (C=O) groups excluding carboxylic acids is 1. The van der Waals surface area contributed by atoms with E-state index in [0.717, 1.165) is 16.5 Å².